The van der Waals surface area contributed by atoms with Crippen LogP contribution in [0.2, 0.25) is 0 Å². The first-order chi connectivity index (χ1) is 21.6. The van der Waals surface area contributed by atoms with Crippen LogP contribution >= 0.6 is 0 Å². The van der Waals surface area contributed by atoms with Crippen LogP contribution in [0.25, 0.3) is 0 Å². The number of carbonyl (C=O) groups excluding carboxylic acids is 3. The molecule has 0 unspecified atom stereocenters. The molecule has 0 fully saturated rings. The third-order valence-corrected chi connectivity index (χ3v) is 9.62. The van der Waals surface area contributed by atoms with Gasteiger partial charge in [-0.05, 0) is 50.0 Å². The Kier molecular flexibility index (Phi) is 15.4. The van der Waals surface area contributed by atoms with E-state index in [4.69, 9.17) is 10.2 Å². The van der Waals surface area contributed by atoms with Crippen LogP contribution in [0.1, 0.15) is 95.8 Å². The Balaban J connectivity index is 2.12. The van der Waals surface area contributed by atoms with Crippen LogP contribution in [0.4, 0.5) is 0 Å². The molecule has 0 saturated heterocycles. The normalized spacial score (nSPS) is 14.6. The fourth-order valence-corrected chi connectivity index (χ4v) is 6.88. The van der Waals surface area contributed by atoms with Crippen molar-refractivity contribution in [2.45, 2.75) is 111 Å². The van der Waals surface area contributed by atoms with Crippen molar-refractivity contribution in [2.75, 3.05) is 13.1 Å². The van der Waals surface area contributed by atoms with Crippen LogP contribution < -0.4 is 21.7 Å². The zero-order chi connectivity index (χ0) is 34.6. The Hall–Kier alpha value is -3.22. The zero-order valence-electron chi connectivity index (χ0n) is 28.8. The second kappa shape index (κ2) is 18.2. The molecule has 1 aromatic carbocycles. The van der Waals surface area contributed by atoms with Gasteiger partial charge < -0.3 is 26.1 Å². The number of furan rings is 1. The molecule has 0 aliphatic rings. The molecular weight excluding hydrogens is 606 g/mol. The number of aryl methyl sites for hydroxylation is 1. The highest BCUT2D eigenvalue weighted by Gasteiger charge is 2.32. The van der Waals surface area contributed by atoms with Crippen LogP contribution in [-0.4, -0.2) is 61.7 Å². The lowest BCUT2D eigenvalue weighted by molar-refractivity contribution is -0.132. The van der Waals surface area contributed by atoms with Gasteiger partial charge in [0.2, 0.25) is 16.9 Å². The molecule has 2 aromatic rings. The standard InChI is InChI=1S/C34H55N5O6S/c1-9-16-39(17-10-2)46(43,44)30-20-27(25(8)45-30)33(41)37-29(18-22(3)4)28(35)19-24(7)32(40)38-31(23(5)6)34(42)36-21-26-14-12-11-13-15-26/h11-15,20,22-24,28-29,31H,9-10,16-19,21,35H2,1-8H3,(H,36,42)(H,37,41)(H,38,40)/t24-,28+,29+,31+/m1/s1. The van der Waals surface area contributed by atoms with Crippen LogP contribution in [0.5, 0.6) is 0 Å². The van der Waals surface area contributed by atoms with Gasteiger partial charge in [-0.25, -0.2) is 8.42 Å². The van der Waals surface area contributed by atoms with Gasteiger partial charge in [0, 0.05) is 43.7 Å². The van der Waals surface area contributed by atoms with Crippen LogP contribution in [0.3, 0.4) is 0 Å². The largest absolute Gasteiger partial charge is 0.448 e. The maximum absolute atomic E-state index is 13.4. The average molecular weight is 662 g/mol. The van der Waals surface area contributed by atoms with Crippen molar-refractivity contribution in [3.63, 3.8) is 0 Å². The predicted molar refractivity (Wildman–Crippen MR) is 180 cm³/mol. The first-order valence-corrected chi connectivity index (χ1v) is 17.8. The van der Waals surface area contributed by atoms with Gasteiger partial charge in [-0.2, -0.15) is 4.31 Å². The number of nitrogens with one attached hydrogen (secondary N) is 3. The average Bonchev–Trinajstić information content (AvgIpc) is 3.40. The molecule has 1 heterocycles. The molecule has 0 radical (unpaired) electrons. The molecule has 11 nitrogen and oxygen atoms in total. The predicted octanol–water partition coefficient (Wildman–Crippen LogP) is 4.35. The third-order valence-electron chi connectivity index (χ3n) is 7.87. The van der Waals surface area contributed by atoms with Crippen LogP contribution in [0.15, 0.2) is 45.9 Å². The van der Waals surface area contributed by atoms with E-state index in [2.05, 4.69) is 16.0 Å². The van der Waals surface area contributed by atoms with E-state index < -0.39 is 40.0 Å². The molecule has 12 heteroatoms. The summed E-state index contributed by atoms with van der Waals surface area (Å²) in [6, 6.07) is 9.02. The highest BCUT2D eigenvalue weighted by atomic mass is 32.2. The first kappa shape index (κ1) is 39.0. The van der Waals surface area contributed by atoms with Gasteiger partial charge in [0.25, 0.3) is 15.9 Å². The molecule has 3 amide bonds. The van der Waals surface area contributed by atoms with Crippen LogP contribution in [-0.2, 0) is 26.2 Å². The van der Waals surface area contributed by atoms with Gasteiger partial charge >= 0.3 is 0 Å². The molecule has 0 spiro atoms. The summed E-state index contributed by atoms with van der Waals surface area (Å²) in [4.78, 5) is 39.7. The zero-order valence-corrected chi connectivity index (χ0v) is 29.6. The SMILES string of the molecule is CCCN(CCC)S(=O)(=O)c1cc(C(=O)N[C@@H](CC(C)C)[C@@H](N)C[C@@H](C)C(=O)N[C@H](C(=O)NCc2ccccc2)C(C)C)c(C)o1. The molecule has 258 valence electrons. The lowest BCUT2D eigenvalue weighted by atomic mass is 9.90. The van der Waals surface area contributed by atoms with E-state index in [-0.39, 0.29) is 46.5 Å². The molecule has 0 bridgehead atoms. The highest BCUT2D eigenvalue weighted by molar-refractivity contribution is 7.89. The minimum atomic E-state index is -3.90. The third kappa shape index (κ3) is 11.2. The summed E-state index contributed by atoms with van der Waals surface area (Å²) in [7, 11) is -3.90. The fourth-order valence-electron chi connectivity index (χ4n) is 5.29. The summed E-state index contributed by atoms with van der Waals surface area (Å²) in [5, 5.41) is 8.50. The highest BCUT2D eigenvalue weighted by Crippen LogP contribution is 2.24. The number of nitrogens with zero attached hydrogens (tertiary/aromatic N) is 1. The van der Waals surface area contributed by atoms with Crippen molar-refractivity contribution >= 4 is 27.7 Å². The topological polar surface area (TPSA) is 164 Å². The summed E-state index contributed by atoms with van der Waals surface area (Å²) < 4.78 is 33.5. The second-order valence-electron chi connectivity index (χ2n) is 12.9. The summed E-state index contributed by atoms with van der Waals surface area (Å²) in [5.41, 5.74) is 7.70. The number of hydrogen-bond donors (Lipinski definition) is 4. The van der Waals surface area contributed by atoms with Gasteiger partial charge in [-0.1, -0.05) is 78.8 Å². The van der Waals surface area contributed by atoms with E-state index in [1.54, 1.807) is 13.8 Å². The molecule has 0 saturated carbocycles. The summed E-state index contributed by atoms with van der Waals surface area (Å²) in [6.07, 6.45) is 2.10. The van der Waals surface area contributed by atoms with Crippen molar-refractivity contribution in [1.29, 1.82) is 0 Å². The van der Waals surface area contributed by atoms with Gasteiger partial charge in [-0.15, -0.1) is 0 Å². The Bertz CT molecular complexity index is 1370. The lowest BCUT2D eigenvalue weighted by Crippen LogP contribution is -2.53. The first-order valence-electron chi connectivity index (χ1n) is 16.4. The molecule has 0 aliphatic carbocycles. The number of sulfonamides is 1. The number of nitrogens with two attached hydrogens (primary N) is 1. The van der Waals surface area contributed by atoms with E-state index in [9.17, 15) is 22.8 Å². The van der Waals surface area contributed by atoms with E-state index in [1.807, 2.05) is 71.9 Å². The quantitative estimate of drug-likeness (QED) is 0.174. The molecule has 5 N–H and O–H groups in total. The maximum Gasteiger partial charge on any atom is 0.276 e. The Morgan fingerprint density at radius 2 is 1.52 bits per heavy atom. The van der Waals surface area contributed by atoms with E-state index >= 15 is 0 Å². The molecule has 46 heavy (non-hydrogen) atoms. The molecule has 4 atom stereocenters. The van der Waals surface area contributed by atoms with E-state index in [1.165, 1.54) is 10.4 Å². The summed E-state index contributed by atoms with van der Waals surface area (Å²) in [6.45, 7) is 15.9. The van der Waals surface area contributed by atoms with Crippen molar-refractivity contribution in [1.82, 2.24) is 20.3 Å². The molecular formula is C34H55N5O6S. The van der Waals surface area contributed by atoms with E-state index in [0.717, 1.165) is 5.56 Å². The number of hydrogen-bond acceptors (Lipinski definition) is 7. The minimum Gasteiger partial charge on any atom is -0.448 e. The molecule has 0 aliphatic heterocycles. The van der Waals surface area contributed by atoms with Gasteiger partial charge in [0.05, 0.1) is 5.56 Å². The van der Waals surface area contributed by atoms with E-state index in [0.29, 0.717) is 38.9 Å². The Morgan fingerprint density at radius 1 is 0.913 bits per heavy atom. The number of carbonyl (C=O) groups is 3. The van der Waals surface area contributed by atoms with Crippen molar-refractivity contribution in [3.8, 4) is 0 Å². The van der Waals surface area contributed by atoms with Gasteiger partial charge in [-0.3, -0.25) is 14.4 Å². The molecule has 1 aromatic heterocycles. The number of rotatable bonds is 19. The second-order valence-corrected chi connectivity index (χ2v) is 14.8. The number of benzene rings is 1. The number of amides is 3. The monoisotopic (exact) mass is 661 g/mol. The van der Waals surface area contributed by atoms with Crippen molar-refractivity contribution in [2.24, 2.45) is 23.5 Å². The maximum atomic E-state index is 13.4. The molecule has 2 rings (SSSR count). The smallest absolute Gasteiger partial charge is 0.276 e. The minimum absolute atomic E-state index is 0.125. The van der Waals surface area contributed by atoms with Crippen LogP contribution in [0, 0.1) is 24.7 Å². The summed E-state index contributed by atoms with van der Waals surface area (Å²) >= 11 is 0. The lowest BCUT2D eigenvalue weighted by Gasteiger charge is -2.29. The summed E-state index contributed by atoms with van der Waals surface area (Å²) in [5.74, 6) is -1.37. The van der Waals surface area contributed by atoms with Crippen molar-refractivity contribution < 1.29 is 27.2 Å². The fraction of sp³-hybridized carbons (Fsp3) is 0.618. The van der Waals surface area contributed by atoms with Gasteiger partial charge in [0.15, 0.2) is 0 Å². The van der Waals surface area contributed by atoms with Crippen molar-refractivity contribution in [3.05, 3.63) is 53.3 Å². The Morgan fingerprint density at radius 3 is 2.07 bits per heavy atom. The Labute approximate surface area is 275 Å². The van der Waals surface area contributed by atoms with Gasteiger partial charge in [0.1, 0.15) is 11.8 Å².